The molecule has 5 heteroatoms. The van der Waals surface area contributed by atoms with Crippen LogP contribution >= 0.6 is 0 Å². The van der Waals surface area contributed by atoms with Crippen molar-refractivity contribution in [2.75, 3.05) is 31.2 Å². The summed E-state index contributed by atoms with van der Waals surface area (Å²) in [7, 11) is 0. The monoisotopic (exact) mass is 294 g/mol. The van der Waals surface area contributed by atoms with Crippen LogP contribution in [-0.2, 0) is 4.74 Å². The van der Waals surface area contributed by atoms with Crippen molar-refractivity contribution in [3.05, 3.63) is 48.3 Å². The minimum atomic E-state index is 0.754. The molecule has 0 radical (unpaired) electrons. The molecule has 112 valence electrons. The molecule has 1 saturated heterocycles. The molecule has 0 bridgehead atoms. The topological polar surface area (TPSA) is 43.2 Å². The van der Waals surface area contributed by atoms with Crippen LogP contribution in [0.2, 0.25) is 0 Å². The highest BCUT2D eigenvalue weighted by Crippen LogP contribution is 2.28. The number of pyridine rings is 1. The summed E-state index contributed by atoms with van der Waals surface area (Å²) >= 11 is 0. The zero-order chi connectivity index (χ0) is 14.9. The molecule has 1 aliphatic rings. The summed E-state index contributed by atoms with van der Waals surface area (Å²) < 4.78 is 7.43. The van der Waals surface area contributed by atoms with E-state index >= 15 is 0 Å². The Labute approximate surface area is 129 Å². The Kier molecular flexibility index (Phi) is 3.27. The minimum absolute atomic E-state index is 0.754. The zero-order valence-electron chi connectivity index (χ0n) is 12.6. The number of rotatable bonds is 2. The lowest BCUT2D eigenvalue weighted by atomic mass is 10.2. The van der Waals surface area contributed by atoms with Gasteiger partial charge in [0.05, 0.1) is 30.6 Å². The first-order valence-corrected chi connectivity index (χ1v) is 7.55. The fourth-order valence-corrected chi connectivity index (χ4v) is 2.84. The number of benzene rings is 1. The van der Waals surface area contributed by atoms with E-state index in [0.29, 0.717) is 0 Å². The molecule has 0 saturated carbocycles. The fourth-order valence-electron chi connectivity index (χ4n) is 2.84. The van der Waals surface area contributed by atoms with Crippen LogP contribution in [0.15, 0.2) is 42.7 Å². The number of ether oxygens (including phenoxy) is 1. The number of aromatic nitrogens is 3. The first-order valence-electron chi connectivity index (χ1n) is 7.55. The van der Waals surface area contributed by atoms with Gasteiger partial charge in [-0.25, -0.2) is 4.68 Å². The molecule has 0 N–H and O–H groups in total. The lowest BCUT2D eigenvalue weighted by Crippen LogP contribution is -2.36. The Balaban J connectivity index is 1.86. The Morgan fingerprint density at radius 1 is 1.05 bits per heavy atom. The molecular weight excluding hydrogens is 276 g/mol. The fraction of sp³-hybridized carbons (Fsp3) is 0.294. The summed E-state index contributed by atoms with van der Waals surface area (Å²) in [5.74, 6) is 1.02. The molecule has 0 spiro atoms. The second kappa shape index (κ2) is 5.42. The third-order valence-corrected chi connectivity index (χ3v) is 4.05. The van der Waals surface area contributed by atoms with Gasteiger partial charge in [0.15, 0.2) is 5.82 Å². The van der Waals surface area contributed by atoms with Gasteiger partial charge >= 0.3 is 0 Å². The van der Waals surface area contributed by atoms with E-state index in [-0.39, 0.29) is 0 Å². The van der Waals surface area contributed by atoms with Crippen molar-refractivity contribution in [2.45, 2.75) is 6.92 Å². The molecule has 0 unspecified atom stereocenters. The number of morpholine rings is 1. The molecule has 1 aliphatic heterocycles. The number of anilines is 1. The first kappa shape index (κ1) is 13.3. The van der Waals surface area contributed by atoms with Gasteiger partial charge < -0.3 is 9.64 Å². The molecule has 3 aromatic rings. The van der Waals surface area contributed by atoms with Gasteiger partial charge in [0.2, 0.25) is 0 Å². The number of hydrogen-bond acceptors (Lipinski definition) is 4. The van der Waals surface area contributed by atoms with Crippen LogP contribution < -0.4 is 4.90 Å². The lowest BCUT2D eigenvalue weighted by Gasteiger charge is -2.26. The summed E-state index contributed by atoms with van der Waals surface area (Å²) in [6, 6.07) is 10.4. The van der Waals surface area contributed by atoms with E-state index in [1.807, 2.05) is 23.1 Å². The van der Waals surface area contributed by atoms with E-state index < -0.39 is 0 Å². The highest BCUT2D eigenvalue weighted by atomic mass is 16.5. The molecule has 1 aromatic carbocycles. The van der Waals surface area contributed by atoms with E-state index in [2.05, 4.69) is 41.1 Å². The van der Waals surface area contributed by atoms with E-state index in [1.54, 1.807) is 0 Å². The summed E-state index contributed by atoms with van der Waals surface area (Å²) in [6.45, 7) is 5.35. The normalized spacial score (nSPS) is 15.4. The van der Waals surface area contributed by atoms with Crippen LogP contribution in [0, 0.1) is 6.92 Å². The quantitative estimate of drug-likeness (QED) is 0.728. The maximum absolute atomic E-state index is 5.45. The highest BCUT2D eigenvalue weighted by molar-refractivity contribution is 5.91. The molecule has 1 fully saturated rings. The third kappa shape index (κ3) is 2.23. The Morgan fingerprint density at radius 2 is 1.82 bits per heavy atom. The van der Waals surface area contributed by atoms with Crippen LogP contribution in [0.25, 0.3) is 16.6 Å². The Bertz CT molecular complexity index is 788. The number of aryl methyl sites for hydroxylation is 1. The van der Waals surface area contributed by atoms with E-state index in [0.717, 1.165) is 48.7 Å². The molecule has 0 aliphatic carbocycles. The van der Waals surface area contributed by atoms with Crippen molar-refractivity contribution in [3.63, 3.8) is 0 Å². The van der Waals surface area contributed by atoms with Gasteiger partial charge in [-0.05, 0) is 25.1 Å². The van der Waals surface area contributed by atoms with Gasteiger partial charge in [-0.1, -0.05) is 17.7 Å². The second-order valence-electron chi connectivity index (χ2n) is 5.56. The molecular formula is C17H18N4O. The Hall–Kier alpha value is -2.40. The van der Waals surface area contributed by atoms with Crippen molar-refractivity contribution in [3.8, 4) is 5.69 Å². The summed E-state index contributed by atoms with van der Waals surface area (Å²) in [5.41, 5.74) is 3.34. The lowest BCUT2D eigenvalue weighted by molar-refractivity contribution is 0.122. The van der Waals surface area contributed by atoms with Gasteiger partial charge in [-0.3, -0.25) is 4.98 Å². The van der Waals surface area contributed by atoms with Gasteiger partial charge in [-0.15, -0.1) is 5.10 Å². The van der Waals surface area contributed by atoms with Crippen LogP contribution in [0.4, 0.5) is 5.82 Å². The van der Waals surface area contributed by atoms with Crippen LogP contribution in [0.1, 0.15) is 5.56 Å². The van der Waals surface area contributed by atoms with Crippen molar-refractivity contribution >= 4 is 16.7 Å². The van der Waals surface area contributed by atoms with Crippen molar-refractivity contribution in [2.24, 2.45) is 0 Å². The van der Waals surface area contributed by atoms with Crippen molar-refractivity contribution < 1.29 is 4.74 Å². The van der Waals surface area contributed by atoms with Crippen LogP contribution in [0.5, 0.6) is 0 Å². The predicted molar refractivity (Wildman–Crippen MR) is 86.6 cm³/mol. The van der Waals surface area contributed by atoms with E-state index in [9.17, 15) is 0 Å². The molecule has 4 rings (SSSR count). The maximum atomic E-state index is 5.45. The van der Waals surface area contributed by atoms with Gasteiger partial charge in [-0.2, -0.15) is 0 Å². The smallest absolute Gasteiger partial charge is 0.159 e. The molecule has 22 heavy (non-hydrogen) atoms. The maximum Gasteiger partial charge on any atom is 0.159 e. The van der Waals surface area contributed by atoms with Gasteiger partial charge in [0.1, 0.15) is 0 Å². The van der Waals surface area contributed by atoms with E-state index in [4.69, 9.17) is 9.84 Å². The third-order valence-electron chi connectivity index (χ3n) is 4.05. The van der Waals surface area contributed by atoms with Crippen LogP contribution in [-0.4, -0.2) is 41.1 Å². The molecule has 0 atom stereocenters. The number of nitrogens with zero attached hydrogens (tertiary/aromatic N) is 4. The van der Waals surface area contributed by atoms with Gasteiger partial charge in [0, 0.05) is 24.7 Å². The largest absolute Gasteiger partial charge is 0.378 e. The molecule has 5 nitrogen and oxygen atoms in total. The SMILES string of the molecule is Cc1ccc(-n2nc(N3CCOCC3)c3ccncc32)cc1. The summed E-state index contributed by atoms with van der Waals surface area (Å²) in [5, 5.41) is 6.00. The average Bonchev–Trinajstić information content (AvgIpc) is 2.96. The molecule has 0 amide bonds. The standard InChI is InChI=1S/C17H18N4O/c1-13-2-4-14(5-3-13)21-16-12-18-7-6-15(16)17(19-21)20-8-10-22-11-9-20/h2-7,12H,8-11H2,1H3. The van der Waals surface area contributed by atoms with Crippen molar-refractivity contribution in [1.82, 2.24) is 14.8 Å². The van der Waals surface area contributed by atoms with Crippen LogP contribution in [0.3, 0.4) is 0 Å². The molecule has 3 heterocycles. The minimum Gasteiger partial charge on any atom is -0.378 e. The molecule has 2 aromatic heterocycles. The van der Waals surface area contributed by atoms with Crippen molar-refractivity contribution in [1.29, 1.82) is 0 Å². The number of fused-ring (bicyclic) bond motifs is 1. The van der Waals surface area contributed by atoms with E-state index in [1.165, 1.54) is 5.56 Å². The summed E-state index contributed by atoms with van der Waals surface area (Å²) in [6.07, 6.45) is 3.71. The highest BCUT2D eigenvalue weighted by Gasteiger charge is 2.19. The summed E-state index contributed by atoms with van der Waals surface area (Å²) in [4.78, 5) is 6.56. The van der Waals surface area contributed by atoms with Gasteiger partial charge in [0.25, 0.3) is 0 Å². The average molecular weight is 294 g/mol. The number of hydrogen-bond donors (Lipinski definition) is 0. The predicted octanol–water partition coefficient (Wildman–Crippen LogP) is 2.57. The zero-order valence-corrected chi connectivity index (χ0v) is 12.6. The Morgan fingerprint density at radius 3 is 2.59 bits per heavy atom. The first-order chi connectivity index (χ1) is 10.8. The second-order valence-corrected chi connectivity index (χ2v) is 5.56.